The highest BCUT2D eigenvalue weighted by molar-refractivity contribution is 6.30. The number of fused-ring (bicyclic) bond motifs is 1. The van der Waals surface area contributed by atoms with Crippen LogP contribution < -0.4 is 5.56 Å². The molecule has 0 radical (unpaired) electrons. The van der Waals surface area contributed by atoms with Crippen molar-refractivity contribution in [3.05, 3.63) is 75.3 Å². The normalized spacial score (nSPS) is 12.1. The van der Waals surface area contributed by atoms with Crippen molar-refractivity contribution in [2.24, 2.45) is 0 Å². The van der Waals surface area contributed by atoms with Crippen molar-refractivity contribution in [2.75, 3.05) is 0 Å². The number of hydrogen-bond acceptors (Lipinski definition) is 4. The van der Waals surface area contributed by atoms with Gasteiger partial charge >= 0.3 is 5.97 Å². The smallest absolute Gasteiger partial charge is 0.310 e. The van der Waals surface area contributed by atoms with Crippen molar-refractivity contribution < 1.29 is 9.53 Å². The number of carbonyl (C=O) groups is 1. The van der Waals surface area contributed by atoms with E-state index in [2.05, 4.69) is 9.97 Å². The first-order valence-electron chi connectivity index (χ1n) is 7.46. The molecule has 6 heteroatoms. The summed E-state index contributed by atoms with van der Waals surface area (Å²) in [5, 5.41) is 1.11. The SMILES string of the molecule is C[C@H](OC(=O)Cc1ccc(Cl)cc1)c1nc2ccccc2c(=O)[nH]1. The molecule has 0 bridgehead atoms. The number of aromatic amines is 1. The van der Waals surface area contributed by atoms with Crippen LogP contribution in [0.1, 0.15) is 24.4 Å². The molecule has 0 amide bonds. The summed E-state index contributed by atoms with van der Waals surface area (Å²) in [6, 6.07) is 14.0. The van der Waals surface area contributed by atoms with Crippen LogP contribution >= 0.6 is 11.6 Å². The van der Waals surface area contributed by atoms with Crippen LogP contribution in [-0.2, 0) is 16.0 Å². The maximum atomic E-state index is 12.1. The van der Waals surface area contributed by atoms with Crippen LogP contribution in [0.3, 0.4) is 0 Å². The molecule has 0 aliphatic carbocycles. The van der Waals surface area contributed by atoms with Crippen LogP contribution in [-0.4, -0.2) is 15.9 Å². The van der Waals surface area contributed by atoms with Gasteiger partial charge in [-0.3, -0.25) is 9.59 Å². The Kier molecular flexibility index (Phi) is 4.62. The Morgan fingerprint density at radius 2 is 1.92 bits per heavy atom. The highest BCUT2D eigenvalue weighted by Crippen LogP contribution is 2.16. The third-order valence-electron chi connectivity index (χ3n) is 3.59. The van der Waals surface area contributed by atoms with Gasteiger partial charge in [-0.1, -0.05) is 35.9 Å². The number of ether oxygens (including phenoxy) is 1. The molecular weight excluding hydrogens is 328 g/mol. The number of aromatic nitrogens is 2. The number of rotatable bonds is 4. The average Bonchev–Trinajstić information content (AvgIpc) is 2.57. The van der Waals surface area contributed by atoms with Crippen LogP contribution in [0.15, 0.2) is 53.3 Å². The highest BCUT2D eigenvalue weighted by Gasteiger charge is 2.15. The Hall–Kier alpha value is -2.66. The van der Waals surface area contributed by atoms with Crippen LogP contribution in [0.5, 0.6) is 0 Å². The predicted octanol–water partition coefficient (Wildman–Crippen LogP) is 3.42. The molecule has 3 aromatic rings. The van der Waals surface area contributed by atoms with Gasteiger partial charge < -0.3 is 9.72 Å². The van der Waals surface area contributed by atoms with Gasteiger partial charge in [0.25, 0.3) is 5.56 Å². The highest BCUT2D eigenvalue weighted by atomic mass is 35.5. The van der Waals surface area contributed by atoms with Crippen LogP contribution in [0.2, 0.25) is 5.02 Å². The second kappa shape index (κ2) is 6.84. The third-order valence-corrected chi connectivity index (χ3v) is 3.84. The minimum Gasteiger partial charge on any atom is -0.454 e. The number of nitrogens with zero attached hydrogens (tertiary/aromatic N) is 1. The molecule has 5 nitrogen and oxygen atoms in total. The molecule has 0 unspecified atom stereocenters. The summed E-state index contributed by atoms with van der Waals surface area (Å²) in [7, 11) is 0. The zero-order chi connectivity index (χ0) is 17.1. The van der Waals surface area contributed by atoms with E-state index in [4.69, 9.17) is 16.3 Å². The van der Waals surface area contributed by atoms with Gasteiger partial charge in [0.05, 0.1) is 17.3 Å². The molecule has 0 aliphatic rings. The first-order valence-corrected chi connectivity index (χ1v) is 7.83. The molecule has 1 N–H and O–H groups in total. The summed E-state index contributed by atoms with van der Waals surface area (Å²) in [5.74, 6) is -0.0798. The van der Waals surface area contributed by atoms with Crippen LogP contribution in [0.4, 0.5) is 0 Å². The van der Waals surface area contributed by atoms with E-state index in [0.29, 0.717) is 21.7 Å². The van der Waals surface area contributed by atoms with Crippen LogP contribution in [0.25, 0.3) is 10.9 Å². The van der Waals surface area contributed by atoms with Crippen molar-refractivity contribution >= 4 is 28.5 Å². The van der Waals surface area contributed by atoms with E-state index in [1.807, 2.05) is 0 Å². The molecule has 1 heterocycles. The van der Waals surface area contributed by atoms with Crippen molar-refractivity contribution in [1.82, 2.24) is 9.97 Å². The summed E-state index contributed by atoms with van der Waals surface area (Å²) in [4.78, 5) is 31.1. The van der Waals surface area contributed by atoms with Gasteiger partial charge in [0.15, 0.2) is 11.9 Å². The van der Waals surface area contributed by atoms with Gasteiger partial charge in [-0.25, -0.2) is 4.98 Å². The number of carbonyl (C=O) groups excluding carboxylic acids is 1. The number of benzene rings is 2. The Bertz CT molecular complexity index is 935. The van der Waals surface area contributed by atoms with E-state index in [0.717, 1.165) is 5.56 Å². The number of halogens is 1. The standard InChI is InChI=1S/C18H15ClN2O3/c1-11(24-16(22)10-12-6-8-13(19)9-7-12)17-20-15-5-3-2-4-14(15)18(23)21-17/h2-9,11H,10H2,1H3,(H,20,21,23)/t11-/m0/s1. The third kappa shape index (κ3) is 3.63. The zero-order valence-corrected chi connectivity index (χ0v) is 13.7. The summed E-state index contributed by atoms with van der Waals surface area (Å²) in [6.45, 7) is 1.67. The summed E-state index contributed by atoms with van der Waals surface area (Å²) < 4.78 is 5.37. The second-order valence-electron chi connectivity index (χ2n) is 5.40. The minimum absolute atomic E-state index is 0.124. The second-order valence-corrected chi connectivity index (χ2v) is 5.84. The van der Waals surface area contributed by atoms with Gasteiger partial charge in [-0.05, 0) is 36.8 Å². The zero-order valence-electron chi connectivity index (χ0n) is 13.0. The van der Waals surface area contributed by atoms with E-state index >= 15 is 0 Å². The quantitative estimate of drug-likeness (QED) is 0.737. The summed E-state index contributed by atoms with van der Waals surface area (Å²) in [6.07, 6.45) is -0.526. The molecule has 0 spiro atoms. The van der Waals surface area contributed by atoms with Crippen molar-refractivity contribution in [2.45, 2.75) is 19.4 Å². The molecular formula is C18H15ClN2O3. The average molecular weight is 343 g/mol. The number of esters is 1. The van der Waals surface area contributed by atoms with E-state index < -0.39 is 12.1 Å². The van der Waals surface area contributed by atoms with E-state index in [1.165, 1.54) is 0 Å². The number of H-pyrrole nitrogens is 1. The lowest BCUT2D eigenvalue weighted by molar-refractivity contribution is -0.148. The lowest BCUT2D eigenvalue weighted by Crippen LogP contribution is -2.18. The van der Waals surface area contributed by atoms with Crippen molar-refractivity contribution in [1.29, 1.82) is 0 Å². The van der Waals surface area contributed by atoms with Crippen molar-refractivity contribution in [3.63, 3.8) is 0 Å². The molecule has 2 aromatic carbocycles. The molecule has 0 saturated carbocycles. The first-order chi connectivity index (χ1) is 11.5. The topological polar surface area (TPSA) is 72.0 Å². The van der Waals surface area contributed by atoms with Gasteiger partial charge in [-0.15, -0.1) is 0 Å². The Morgan fingerprint density at radius 3 is 2.67 bits per heavy atom. The molecule has 0 saturated heterocycles. The number of para-hydroxylation sites is 1. The fraction of sp³-hybridized carbons (Fsp3) is 0.167. The number of hydrogen-bond donors (Lipinski definition) is 1. The Morgan fingerprint density at radius 1 is 1.21 bits per heavy atom. The largest absolute Gasteiger partial charge is 0.454 e. The molecule has 122 valence electrons. The number of nitrogens with one attached hydrogen (secondary N) is 1. The fourth-order valence-corrected chi connectivity index (χ4v) is 2.49. The van der Waals surface area contributed by atoms with E-state index in [9.17, 15) is 9.59 Å². The van der Waals surface area contributed by atoms with Gasteiger partial charge in [0.1, 0.15) is 0 Å². The molecule has 1 aromatic heterocycles. The fourth-order valence-electron chi connectivity index (χ4n) is 2.36. The lowest BCUT2D eigenvalue weighted by Gasteiger charge is -2.13. The molecule has 0 aliphatic heterocycles. The first kappa shape index (κ1) is 16.2. The lowest BCUT2D eigenvalue weighted by atomic mass is 10.1. The molecule has 24 heavy (non-hydrogen) atoms. The summed E-state index contributed by atoms with van der Waals surface area (Å²) in [5.41, 5.74) is 1.12. The molecule has 1 atom stereocenters. The van der Waals surface area contributed by atoms with E-state index in [1.54, 1.807) is 55.5 Å². The maximum absolute atomic E-state index is 12.1. The molecule has 3 rings (SSSR count). The van der Waals surface area contributed by atoms with Crippen LogP contribution in [0, 0.1) is 0 Å². The Labute approximate surface area is 143 Å². The Balaban J connectivity index is 1.74. The van der Waals surface area contributed by atoms with E-state index in [-0.39, 0.29) is 12.0 Å². The van der Waals surface area contributed by atoms with Crippen molar-refractivity contribution in [3.8, 4) is 0 Å². The predicted molar refractivity (Wildman–Crippen MR) is 92.0 cm³/mol. The minimum atomic E-state index is -0.651. The summed E-state index contributed by atoms with van der Waals surface area (Å²) >= 11 is 5.82. The van der Waals surface area contributed by atoms with Gasteiger partial charge in [-0.2, -0.15) is 0 Å². The monoisotopic (exact) mass is 342 g/mol. The molecule has 0 fully saturated rings. The van der Waals surface area contributed by atoms with Gasteiger partial charge in [0, 0.05) is 5.02 Å². The van der Waals surface area contributed by atoms with Gasteiger partial charge in [0.2, 0.25) is 0 Å². The maximum Gasteiger partial charge on any atom is 0.310 e.